The lowest BCUT2D eigenvalue weighted by molar-refractivity contribution is -0.134. The zero-order valence-electron chi connectivity index (χ0n) is 17.9. The van der Waals surface area contributed by atoms with E-state index < -0.39 is 0 Å². The lowest BCUT2D eigenvalue weighted by Crippen LogP contribution is -2.47. The average Bonchev–Trinajstić information content (AvgIpc) is 3.45. The van der Waals surface area contributed by atoms with E-state index >= 15 is 0 Å². The van der Waals surface area contributed by atoms with E-state index in [1.165, 1.54) is 10.9 Å². The Hall–Kier alpha value is -2.64. The summed E-state index contributed by atoms with van der Waals surface area (Å²) in [6.45, 7) is 2.48. The van der Waals surface area contributed by atoms with Crippen LogP contribution in [0.5, 0.6) is 0 Å². The third-order valence-electron chi connectivity index (χ3n) is 6.58. The van der Waals surface area contributed by atoms with E-state index in [4.69, 9.17) is 9.72 Å². The Kier molecular flexibility index (Phi) is 4.87. The van der Waals surface area contributed by atoms with Gasteiger partial charge in [-0.2, -0.15) is 0 Å². The molecule has 0 spiro atoms. The summed E-state index contributed by atoms with van der Waals surface area (Å²) in [7, 11) is 5.67. The summed E-state index contributed by atoms with van der Waals surface area (Å²) in [6.07, 6.45) is 7.57. The topological polar surface area (TPSA) is 55.5 Å². The molecule has 0 saturated carbocycles. The Balaban J connectivity index is 1.34. The maximum absolute atomic E-state index is 12.1. The van der Waals surface area contributed by atoms with Crippen LogP contribution in [-0.2, 0) is 16.6 Å². The van der Waals surface area contributed by atoms with Crippen LogP contribution >= 0.6 is 0 Å². The predicted octanol–water partition coefficient (Wildman–Crippen LogP) is 2.53. The van der Waals surface area contributed by atoms with Gasteiger partial charge in [-0.3, -0.25) is 9.69 Å². The minimum atomic E-state index is -0.0168. The molecule has 2 aliphatic heterocycles. The SMILES string of the molecule is CN(C)C(=O)C[C@H]1CN2C[C@H](n3ccnc3-c3ccc4ccn(C)c4c3)C[C@H]2CO1. The number of nitrogens with zero attached hydrogens (tertiary/aromatic N) is 5. The molecule has 2 saturated heterocycles. The fourth-order valence-electron chi connectivity index (χ4n) is 4.85. The third-order valence-corrected chi connectivity index (χ3v) is 6.58. The van der Waals surface area contributed by atoms with E-state index in [0.29, 0.717) is 25.1 Å². The lowest BCUT2D eigenvalue weighted by atomic mass is 10.1. The molecular formula is C23H29N5O2. The largest absolute Gasteiger partial charge is 0.375 e. The summed E-state index contributed by atoms with van der Waals surface area (Å²) in [4.78, 5) is 20.9. The minimum Gasteiger partial charge on any atom is -0.375 e. The number of carbonyl (C=O) groups excluding carboxylic acids is 1. The maximum atomic E-state index is 12.1. The quantitative estimate of drug-likeness (QED) is 0.667. The van der Waals surface area contributed by atoms with E-state index in [2.05, 4.69) is 57.7 Å². The summed E-state index contributed by atoms with van der Waals surface area (Å²) in [5, 5.41) is 1.24. The van der Waals surface area contributed by atoms with Crippen LogP contribution in [0, 0.1) is 0 Å². The standard InChI is InChI=1S/C23H29N5O2/c1-25(2)22(29)12-20-14-27-13-18(11-19(27)15-30-20)28-9-7-24-23(28)17-5-4-16-6-8-26(3)21(16)10-17/h4-10,18-20H,11-15H2,1-3H3/t18-,19+,20+/m1/s1. The lowest BCUT2D eigenvalue weighted by Gasteiger charge is -2.35. The molecule has 2 aliphatic rings. The molecule has 0 bridgehead atoms. The van der Waals surface area contributed by atoms with Crippen molar-refractivity contribution in [2.75, 3.05) is 33.8 Å². The van der Waals surface area contributed by atoms with Gasteiger partial charge in [0.1, 0.15) is 5.82 Å². The second-order valence-corrected chi connectivity index (χ2v) is 8.80. The van der Waals surface area contributed by atoms with Crippen molar-refractivity contribution in [3.05, 3.63) is 42.9 Å². The number of rotatable bonds is 4. The summed E-state index contributed by atoms with van der Waals surface area (Å²) < 4.78 is 10.5. The Bertz CT molecular complexity index is 1070. The molecule has 5 rings (SSSR count). The number of fused-ring (bicyclic) bond motifs is 2. The van der Waals surface area contributed by atoms with Crippen LogP contribution in [-0.4, -0.2) is 75.8 Å². The molecule has 2 fully saturated rings. The molecule has 3 aromatic rings. The van der Waals surface area contributed by atoms with Crippen molar-refractivity contribution in [2.45, 2.75) is 31.0 Å². The van der Waals surface area contributed by atoms with E-state index in [0.717, 1.165) is 30.9 Å². The number of morpholine rings is 1. The fourth-order valence-corrected chi connectivity index (χ4v) is 4.85. The van der Waals surface area contributed by atoms with Crippen LogP contribution < -0.4 is 0 Å². The molecule has 2 aromatic heterocycles. The Labute approximate surface area is 176 Å². The van der Waals surface area contributed by atoms with Crippen molar-refractivity contribution in [1.29, 1.82) is 0 Å². The summed E-state index contributed by atoms with van der Waals surface area (Å²) in [5.41, 5.74) is 2.36. The molecule has 1 aromatic carbocycles. The van der Waals surface area contributed by atoms with Gasteiger partial charge in [-0.25, -0.2) is 4.98 Å². The monoisotopic (exact) mass is 407 g/mol. The number of hydrogen-bond acceptors (Lipinski definition) is 4. The minimum absolute atomic E-state index is 0.0168. The van der Waals surface area contributed by atoms with Crippen molar-refractivity contribution in [1.82, 2.24) is 23.9 Å². The molecule has 0 aliphatic carbocycles. The molecule has 30 heavy (non-hydrogen) atoms. The molecule has 1 amide bonds. The van der Waals surface area contributed by atoms with Crippen LogP contribution in [0.2, 0.25) is 0 Å². The highest BCUT2D eigenvalue weighted by molar-refractivity contribution is 5.84. The first kappa shape index (κ1) is 19.3. The van der Waals surface area contributed by atoms with Crippen LogP contribution in [0.4, 0.5) is 0 Å². The number of benzene rings is 1. The zero-order valence-corrected chi connectivity index (χ0v) is 17.9. The maximum Gasteiger partial charge on any atom is 0.224 e. The van der Waals surface area contributed by atoms with Gasteiger partial charge in [0.05, 0.1) is 19.1 Å². The van der Waals surface area contributed by atoms with Gasteiger partial charge >= 0.3 is 0 Å². The highest BCUT2D eigenvalue weighted by atomic mass is 16.5. The molecular weight excluding hydrogens is 378 g/mol. The van der Waals surface area contributed by atoms with Gasteiger partial charge in [0, 0.05) is 76.0 Å². The van der Waals surface area contributed by atoms with Gasteiger partial charge in [0.15, 0.2) is 0 Å². The van der Waals surface area contributed by atoms with Crippen molar-refractivity contribution in [2.24, 2.45) is 7.05 Å². The Morgan fingerprint density at radius 2 is 2.07 bits per heavy atom. The number of aromatic nitrogens is 3. The number of hydrogen-bond donors (Lipinski definition) is 0. The molecule has 7 nitrogen and oxygen atoms in total. The number of ether oxygens (including phenoxy) is 1. The van der Waals surface area contributed by atoms with Crippen molar-refractivity contribution in [3.63, 3.8) is 0 Å². The molecule has 4 heterocycles. The van der Waals surface area contributed by atoms with Crippen molar-refractivity contribution < 1.29 is 9.53 Å². The highest BCUT2D eigenvalue weighted by Gasteiger charge is 2.39. The Morgan fingerprint density at radius 1 is 1.20 bits per heavy atom. The molecule has 158 valence electrons. The van der Waals surface area contributed by atoms with Gasteiger partial charge < -0.3 is 18.8 Å². The summed E-state index contributed by atoms with van der Waals surface area (Å²) >= 11 is 0. The van der Waals surface area contributed by atoms with Crippen molar-refractivity contribution in [3.8, 4) is 11.4 Å². The fraction of sp³-hybridized carbons (Fsp3) is 0.478. The normalized spacial score (nSPS) is 24.3. The first-order chi connectivity index (χ1) is 14.5. The number of imidazole rings is 1. The van der Waals surface area contributed by atoms with E-state index in [-0.39, 0.29) is 12.0 Å². The van der Waals surface area contributed by atoms with Gasteiger partial charge in [0.25, 0.3) is 0 Å². The highest BCUT2D eigenvalue weighted by Crippen LogP contribution is 2.34. The average molecular weight is 408 g/mol. The number of amides is 1. The second kappa shape index (κ2) is 7.56. The van der Waals surface area contributed by atoms with E-state index in [9.17, 15) is 4.79 Å². The number of aryl methyl sites for hydroxylation is 1. The molecule has 0 unspecified atom stereocenters. The molecule has 0 N–H and O–H groups in total. The molecule has 3 atom stereocenters. The van der Waals surface area contributed by atoms with Crippen LogP contribution in [0.25, 0.3) is 22.3 Å². The first-order valence-corrected chi connectivity index (χ1v) is 10.6. The van der Waals surface area contributed by atoms with E-state index in [1.807, 2.05) is 6.20 Å². The molecule has 7 heteroatoms. The molecule has 0 radical (unpaired) electrons. The van der Waals surface area contributed by atoms with Crippen LogP contribution in [0.15, 0.2) is 42.9 Å². The van der Waals surface area contributed by atoms with Crippen LogP contribution in [0.3, 0.4) is 0 Å². The predicted molar refractivity (Wildman–Crippen MR) is 116 cm³/mol. The van der Waals surface area contributed by atoms with Crippen LogP contribution in [0.1, 0.15) is 18.9 Å². The Morgan fingerprint density at radius 3 is 2.90 bits per heavy atom. The third kappa shape index (κ3) is 3.42. The summed E-state index contributed by atoms with van der Waals surface area (Å²) in [6, 6.07) is 9.47. The van der Waals surface area contributed by atoms with Gasteiger partial charge in [0.2, 0.25) is 5.91 Å². The second-order valence-electron chi connectivity index (χ2n) is 8.80. The van der Waals surface area contributed by atoms with Gasteiger partial charge in [-0.15, -0.1) is 0 Å². The summed E-state index contributed by atoms with van der Waals surface area (Å²) in [5.74, 6) is 1.14. The smallest absolute Gasteiger partial charge is 0.224 e. The van der Waals surface area contributed by atoms with Gasteiger partial charge in [-0.05, 0) is 23.9 Å². The van der Waals surface area contributed by atoms with Gasteiger partial charge in [-0.1, -0.05) is 12.1 Å². The number of carbonyl (C=O) groups is 1. The first-order valence-electron chi connectivity index (χ1n) is 10.6. The van der Waals surface area contributed by atoms with Crippen molar-refractivity contribution >= 4 is 16.8 Å². The van der Waals surface area contributed by atoms with E-state index in [1.54, 1.807) is 19.0 Å². The zero-order chi connectivity index (χ0) is 20.8.